The van der Waals surface area contributed by atoms with E-state index in [1.165, 1.54) is 6.33 Å². The minimum atomic E-state index is 0. The predicted molar refractivity (Wildman–Crippen MR) is 88.3 cm³/mol. The van der Waals surface area contributed by atoms with Crippen LogP contribution in [0.3, 0.4) is 0 Å². The van der Waals surface area contributed by atoms with Gasteiger partial charge in [0, 0.05) is 25.7 Å². The summed E-state index contributed by atoms with van der Waals surface area (Å²) in [6, 6.07) is 0.200. The largest absolute Gasteiger partial charge is 0.382 e. The Morgan fingerprint density at radius 3 is 2.91 bits per heavy atom. The highest BCUT2D eigenvalue weighted by Crippen LogP contribution is 2.14. The molecule has 0 saturated carbocycles. The molecule has 1 aliphatic heterocycles. The number of halogens is 2. The molecule has 0 bridgehead atoms. The van der Waals surface area contributed by atoms with Gasteiger partial charge in [0.1, 0.15) is 18.4 Å². The molecule has 0 aromatic carbocycles. The first-order chi connectivity index (χ1) is 9.66. The zero-order valence-corrected chi connectivity index (χ0v) is 13.7. The van der Waals surface area contributed by atoms with Crippen molar-refractivity contribution in [3.63, 3.8) is 0 Å². The average Bonchev–Trinajstić information content (AvgIpc) is 2.84. The number of anilines is 1. The van der Waals surface area contributed by atoms with E-state index in [9.17, 15) is 4.79 Å². The van der Waals surface area contributed by atoms with E-state index in [0.29, 0.717) is 17.0 Å². The number of amides is 1. The number of fused-ring (bicyclic) bond motifs is 1. The highest BCUT2D eigenvalue weighted by atomic mass is 35.5. The van der Waals surface area contributed by atoms with Gasteiger partial charge < -0.3 is 20.5 Å². The van der Waals surface area contributed by atoms with E-state index in [-0.39, 0.29) is 43.3 Å². The minimum Gasteiger partial charge on any atom is -0.382 e. The standard InChI is InChI=1S/C12H17N7O.2ClH/c1-8-4-14-2-3-19(8)9(20)5-18-7-17-10-11(13)15-6-16-12(10)18;;/h6-8,14H,2-5H2,1H3,(H2,13,15,16);2*1H/t8-;;/m0../s1. The van der Waals surface area contributed by atoms with Gasteiger partial charge in [0.2, 0.25) is 5.91 Å². The van der Waals surface area contributed by atoms with Crippen LogP contribution in [0.4, 0.5) is 5.82 Å². The lowest BCUT2D eigenvalue weighted by Gasteiger charge is -2.34. The molecule has 1 amide bonds. The lowest BCUT2D eigenvalue weighted by atomic mass is 10.2. The molecule has 0 radical (unpaired) electrons. The number of nitrogen functional groups attached to an aromatic ring is 1. The van der Waals surface area contributed by atoms with E-state index in [2.05, 4.69) is 20.3 Å². The first kappa shape index (κ1) is 18.4. The number of hydrogen-bond acceptors (Lipinski definition) is 6. The number of nitrogens with one attached hydrogen (secondary N) is 1. The summed E-state index contributed by atoms with van der Waals surface area (Å²) in [7, 11) is 0. The summed E-state index contributed by atoms with van der Waals surface area (Å²) < 4.78 is 1.71. The molecule has 1 fully saturated rings. The van der Waals surface area contributed by atoms with Gasteiger partial charge in [0.05, 0.1) is 6.33 Å². The third-order valence-corrected chi connectivity index (χ3v) is 3.56. The molecule has 3 rings (SSSR count). The summed E-state index contributed by atoms with van der Waals surface area (Å²) in [6.07, 6.45) is 2.97. The molecule has 1 atom stereocenters. The summed E-state index contributed by atoms with van der Waals surface area (Å²) in [4.78, 5) is 26.5. The Bertz CT molecular complexity index is 647. The highest BCUT2D eigenvalue weighted by molar-refractivity contribution is 5.85. The molecule has 0 spiro atoms. The smallest absolute Gasteiger partial charge is 0.242 e. The predicted octanol–water partition coefficient (Wildman–Crippen LogP) is 0.0724. The second kappa shape index (κ2) is 7.57. The molecule has 3 heterocycles. The van der Waals surface area contributed by atoms with Crippen molar-refractivity contribution in [3.05, 3.63) is 12.7 Å². The fourth-order valence-electron chi connectivity index (χ4n) is 2.46. The summed E-state index contributed by atoms with van der Waals surface area (Å²) in [6.45, 7) is 4.64. The molecule has 0 unspecified atom stereocenters. The van der Waals surface area contributed by atoms with Crippen molar-refractivity contribution in [2.45, 2.75) is 19.5 Å². The molecule has 8 nitrogen and oxygen atoms in total. The van der Waals surface area contributed by atoms with Crippen LogP contribution in [0, 0.1) is 0 Å². The quantitative estimate of drug-likeness (QED) is 0.797. The summed E-state index contributed by atoms with van der Waals surface area (Å²) >= 11 is 0. The van der Waals surface area contributed by atoms with Crippen molar-refractivity contribution in [1.29, 1.82) is 0 Å². The van der Waals surface area contributed by atoms with Gasteiger partial charge in [0.15, 0.2) is 11.5 Å². The zero-order chi connectivity index (χ0) is 14.1. The van der Waals surface area contributed by atoms with Crippen molar-refractivity contribution in [2.24, 2.45) is 0 Å². The number of imidazole rings is 1. The number of nitrogens with zero attached hydrogens (tertiary/aromatic N) is 5. The van der Waals surface area contributed by atoms with Crippen LogP contribution in [0.2, 0.25) is 0 Å². The fourth-order valence-corrected chi connectivity index (χ4v) is 2.46. The highest BCUT2D eigenvalue weighted by Gasteiger charge is 2.23. The van der Waals surface area contributed by atoms with Gasteiger partial charge in [-0.2, -0.15) is 0 Å². The lowest BCUT2D eigenvalue weighted by molar-refractivity contribution is -0.134. The topological polar surface area (TPSA) is 102 Å². The Kier molecular flexibility index (Phi) is 6.34. The van der Waals surface area contributed by atoms with Crippen molar-refractivity contribution < 1.29 is 4.79 Å². The summed E-state index contributed by atoms with van der Waals surface area (Å²) in [5.41, 5.74) is 6.86. The van der Waals surface area contributed by atoms with Gasteiger partial charge >= 0.3 is 0 Å². The number of aromatic nitrogens is 4. The maximum absolute atomic E-state index is 12.4. The van der Waals surface area contributed by atoms with Gasteiger partial charge in [-0.3, -0.25) is 4.79 Å². The first-order valence-corrected chi connectivity index (χ1v) is 6.58. The number of piperazine rings is 1. The summed E-state index contributed by atoms with van der Waals surface area (Å²) in [5, 5.41) is 3.27. The molecule has 2 aromatic rings. The van der Waals surface area contributed by atoms with Crippen LogP contribution in [0.1, 0.15) is 6.92 Å². The van der Waals surface area contributed by atoms with E-state index in [1.807, 2.05) is 11.8 Å². The van der Waals surface area contributed by atoms with Crippen LogP contribution in [-0.4, -0.2) is 56.0 Å². The fraction of sp³-hybridized carbons (Fsp3) is 0.500. The van der Waals surface area contributed by atoms with Gasteiger partial charge in [-0.25, -0.2) is 15.0 Å². The van der Waals surface area contributed by atoms with Gasteiger partial charge in [-0.15, -0.1) is 24.8 Å². The minimum absolute atomic E-state index is 0. The molecular formula is C12H19Cl2N7O. The molecule has 3 N–H and O–H groups in total. The Labute approximate surface area is 140 Å². The molecule has 22 heavy (non-hydrogen) atoms. The Morgan fingerprint density at radius 2 is 2.18 bits per heavy atom. The van der Waals surface area contributed by atoms with E-state index in [4.69, 9.17) is 5.73 Å². The number of hydrogen-bond donors (Lipinski definition) is 2. The lowest BCUT2D eigenvalue weighted by Crippen LogP contribution is -2.53. The van der Waals surface area contributed by atoms with Gasteiger partial charge in [-0.05, 0) is 6.92 Å². The normalized spacial score (nSPS) is 17.7. The van der Waals surface area contributed by atoms with Crippen LogP contribution < -0.4 is 11.1 Å². The Hall–Kier alpha value is -1.64. The van der Waals surface area contributed by atoms with Crippen LogP contribution >= 0.6 is 24.8 Å². The SMILES string of the molecule is C[C@H]1CNCCN1C(=O)Cn1cnc2c(N)ncnc21.Cl.Cl. The van der Waals surface area contributed by atoms with Gasteiger partial charge in [0.25, 0.3) is 0 Å². The van der Waals surface area contributed by atoms with Crippen LogP contribution in [0.25, 0.3) is 11.2 Å². The third-order valence-electron chi connectivity index (χ3n) is 3.56. The van der Waals surface area contributed by atoms with E-state index < -0.39 is 0 Å². The second-order valence-corrected chi connectivity index (χ2v) is 4.94. The monoisotopic (exact) mass is 347 g/mol. The van der Waals surface area contributed by atoms with Crippen molar-refractivity contribution >= 4 is 47.7 Å². The number of nitrogens with two attached hydrogens (primary N) is 1. The molecule has 122 valence electrons. The van der Waals surface area contributed by atoms with Crippen molar-refractivity contribution in [2.75, 3.05) is 25.4 Å². The van der Waals surface area contributed by atoms with Crippen LogP contribution in [0.15, 0.2) is 12.7 Å². The molecule has 10 heteroatoms. The Morgan fingerprint density at radius 1 is 1.41 bits per heavy atom. The van der Waals surface area contributed by atoms with E-state index >= 15 is 0 Å². The first-order valence-electron chi connectivity index (χ1n) is 6.58. The molecule has 0 aliphatic carbocycles. The zero-order valence-electron chi connectivity index (χ0n) is 12.1. The molecule has 2 aromatic heterocycles. The maximum Gasteiger partial charge on any atom is 0.242 e. The number of rotatable bonds is 2. The van der Waals surface area contributed by atoms with E-state index in [0.717, 1.165) is 19.6 Å². The Balaban J connectivity index is 0.00000121. The van der Waals surface area contributed by atoms with Crippen molar-refractivity contribution in [1.82, 2.24) is 29.7 Å². The molecular weight excluding hydrogens is 329 g/mol. The number of carbonyl (C=O) groups excluding carboxylic acids is 1. The van der Waals surface area contributed by atoms with Gasteiger partial charge in [-0.1, -0.05) is 0 Å². The third kappa shape index (κ3) is 3.40. The number of carbonyl (C=O) groups is 1. The van der Waals surface area contributed by atoms with Crippen molar-refractivity contribution in [3.8, 4) is 0 Å². The average molecular weight is 348 g/mol. The van der Waals surface area contributed by atoms with E-state index in [1.54, 1.807) is 10.9 Å². The molecule has 1 aliphatic rings. The second-order valence-electron chi connectivity index (χ2n) is 4.94. The summed E-state index contributed by atoms with van der Waals surface area (Å²) in [5.74, 6) is 0.396. The van der Waals surface area contributed by atoms with Crippen LogP contribution in [-0.2, 0) is 11.3 Å². The maximum atomic E-state index is 12.4. The molecule has 1 saturated heterocycles. The van der Waals surface area contributed by atoms with Crippen LogP contribution in [0.5, 0.6) is 0 Å².